The molecule has 0 bridgehead atoms. The maximum Gasteiger partial charge on any atom is 0.416 e. The summed E-state index contributed by atoms with van der Waals surface area (Å²) >= 11 is 1.50. The number of likely N-dealkylation sites (N-methyl/N-ethyl adjacent to an activating group) is 1. The number of aromatic nitrogens is 3. The Morgan fingerprint density at radius 1 is 0.956 bits per heavy atom. The van der Waals surface area contributed by atoms with E-state index in [4.69, 9.17) is 0 Å². The average molecular weight is 629 g/mol. The van der Waals surface area contributed by atoms with Gasteiger partial charge in [0.1, 0.15) is 0 Å². The van der Waals surface area contributed by atoms with E-state index in [0.29, 0.717) is 18.8 Å². The van der Waals surface area contributed by atoms with E-state index in [1.165, 1.54) is 23.9 Å². The van der Waals surface area contributed by atoms with Crippen LogP contribution in [0.4, 0.5) is 18.9 Å². The van der Waals surface area contributed by atoms with Crippen LogP contribution in [0.1, 0.15) is 32.9 Å². The lowest BCUT2D eigenvalue weighted by Gasteiger charge is -2.33. The molecule has 6 rings (SSSR count). The number of fused-ring (bicyclic) bond motifs is 1. The number of anilines is 1. The third-order valence-corrected chi connectivity index (χ3v) is 8.64. The van der Waals surface area contributed by atoms with Gasteiger partial charge in [0.25, 0.3) is 5.91 Å². The van der Waals surface area contributed by atoms with Crippen molar-refractivity contribution in [3.63, 3.8) is 0 Å². The number of H-pyrrole nitrogens is 1. The molecule has 1 aliphatic heterocycles. The molecule has 0 aliphatic carbocycles. The molecule has 0 atom stereocenters. The zero-order chi connectivity index (χ0) is 31.4. The van der Waals surface area contributed by atoms with E-state index in [1.54, 1.807) is 24.4 Å². The highest BCUT2D eigenvalue weighted by Gasteiger charge is 2.34. The number of alkyl halides is 3. The molecular weight excluding hydrogens is 597 g/mol. The topological polar surface area (TPSA) is 77.2 Å². The molecule has 1 amide bonds. The number of benzene rings is 3. The fourth-order valence-electron chi connectivity index (χ4n) is 5.19. The molecule has 3 heterocycles. The number of aromatic amines is 1. The number of hydrogen-bond donors (Lipinski definition) is 2. The minimum Gasteiger partial charge on any atom is -0.322 e. The van der Waals surface area contributed by atoms with Gasteiger partial charge in [0.2, 0.25) is 0 Å². The van der Waals surface area contributed by atoms with Crippen molar-refractivity contribution in [2.24, 2.45) is 0 Å². The number of carbonyl (C=O) groups is 1. The van der Waals surface area contributed by atoms with E-state index in [-0.39, 0.29) is 17.7 Å². The van der Waals surface area contributed by atoms with Gasteiger partial charge in [0.15, 0.2) is 0 Å². The number of amides is 1. The Balaban J connectivity index is 1.13. The summed E-state index contributed by atoms with van der Waals surface area (Å²) in [7, 11) is 2.00. The molecule has 1 saturated heterocycles. The third kappa shape index (κ3) is 7.62. The van der Waals surface area contributed by atoms with Gasteiger partial charge >= 0.3 is 6.18 Å². The lowest BCUT2D eigenvalue weighted by Crippen LogP contribution is -2.44. The number of pyridine rings is 1. The summed E-state index contributed by atoms with van der Waals surface area (Å²) in [5.41, 5.74) is 2.37. The molecule has 45 heavy (non-hydrogen) atoms. The summed E-state index contributed by atoms with van der Waals surface area (Å²) in [6.45, 7) is 3.21. The maximum absolute atomic E-state index is 14.0. The van der Waals surface area contributed by atoms with Crippen LogP contribution in [0.3, 0.4) is 0 Å². The van der Waals surface area contributed by atoms with Crippen LogP contribution in [0.25, 0.3) is 23.1 Å². The van der Waals surface area contributed by atoms with Crippen molar-refractivity contribution in [1.29, 1.82) is 0 Å². The second-order valence-corrected chi connectivity index (χ2v) is 12.1. The van der Waals surface area contributed by atoms with Crippen molar-refractivity contribution < 1.29 is 18.0 Å². The Kier molecular flexibility index (Phi) is 9.02. The van der Waals surface area contributed by atoms with Crippen LogP contribution >= 0.6 is 11.8 Å². The van der Waals surface area contributed by atoms with Crippen molar-refractivity contribution in [2.75, 3.05) is 38.5 Å². The summed E-state index contributed by atoms with van der Waals surface area (Å²) in [5.74, 6) is -0.598. The summed E-state index contributed by atoms with van der Waals surface area (Å²) in [6.07, 6.45) is 0.994. The highest BCUT2D eigenvalue weighted by atomic mass is 32.2. The van der Waals surface area contributed by atoms with Crippen LogP contribution in [-0.2, 0) is 12.7 Å². The Morgan fingerprint density at radius 3 is 2.56 bits per heavy atom. The SMILES string of the molecule is CN1CCN(Cc2ccc(C(=O)Nc3cccc(Sc4ccc5c(/C=C/c6ccccn6)n[nH]c5c4)c3)cc2C(F)(F)F)CC1. The Morgan fingerprint density at radius 2 is 1.78 bits per heavy atom. The summed E-state index contributed by atoms with van der Waals surface area (Å²) in [4.78, 5) is 23.4. The normalized spacial score (nSPS) is 14.8. The van der Waals surface area contributed by atoms with E-state index in [0.717, 1.165) is 51.2 Å². The van der Waals surface area contributed by atoms with Crippen LogP contribution in [-0.4, -0.2) is 64.1 Å². The van der Waals surface area contributed by atoms with Gasteiger partial charge in [0, 0.05) is 65.3 Å². The largest absolute Gasteiger partial charge is 0.416 e. The molecule has 11 heteroatoms. The van der Waals surface area contributed by atoms with Crippen molar-refractivity contribution in [1.82, 2.24) is 25.0 Å². The molecule has 1 fully saturated rings. The number of nitrogens with zero attached hydrogens (tertiary/aromatic N) is 4. The number of carbonyl (C=O) groups excluding carboxylic acids is 1. The van der Waals surface area contributed by atoms with Crippen LogP contribution in [0, 0.1) is 0 Å². The van der Waals surface area contributed by atoms with Gasteiger partial charge in [-0.2, -0.15) is 18.3 Å². The second kappa shape index (κ2) is 13.3. The highest BCUT2D eigenvalue weighted by Crippen LogP contribution is 2.35. The summed E-state index contributed by atoms with van der Waals surface area (Å²) in [6, 6.07) is 22.8. The molecule has 0 spiro atoms. The quantitative estimate of drug-likeness (QED) is 0.188. The third-order valence-electron chi connectivity index (χ3n) is 7.66. The zero-order valence-electron chi connectivity index (χ0n) is 24.5. The maximum atomic E-state index is 14.0. The average Bonchev–Trinajstić information content (AvgIpc) is 3.43. The molecule has 0 radical (unpaired) electrons. The van der Waals surface area contributed by atoms with Gasteiger partial charge in [-0.3, -0.25) is 19.8 Å². The van der Waals surface area contributed by atoms with E-state index >= 15 is 0 Å². The van der Waals surface area contributed by atoms with Crippen LogP contribution in [0.2, 0.25) is 0 Å². The number of nitrogens with one attached hydrogen (secondary N) is 2. The molecule has 230 valence electrons. The predicted molar refractivity (Wildman–Crippen MR) is 172 cm³/mol. The first-order valence-electron chi connectivity index (χ1n) is 14.5. The monoisotopic (exact) mass is 628 g/mol. The number of hydrogen-bond acceptors (Lipinski definition) is 6. The smallest absolute Gasteiger partial charge is 0.322 e. The van der Waals surface area contributed by atoms with Gasteiger partial charge in [-0.25, -0.2) is 0 Å². The Bertz CT molecular complexity index is 1830. The van der Waals surface area contributed by atoms with Gasteiger partial charge < -0.3 is 10.2 Å². The number of piperazine rings is 1. The minimum absolute atomic E-state index is 0.0416. The molecule has 0 saturated carbocycles. The Labute approximate surface area is 263 Å². The fraction of sp³-hybridized carbons (Fsp3) is 0.206. The Hall–Kier alpha value is -4.45. The first-order valence-corrected chi connectivity index (χ1v) is 15.3. The van der Waals surface area contributed by atoms with Gasteiger partial charge in [-0.15, -0.1) is 0 Å². The van der Waals surface area contributed by atoms with Crippen molar-refractivity contribution in [2.45, 2.75) is 22.5 Å². The number of halogens is 3. The van der Waals surface area contributed by atoms with Crippen LogP contribution < -0.4 is 5.32 Å². The molecule has 3 aromatic carbocycles. The first-order chi connectivity index (χ1) is 21.7. The molecule has 0 unspecified atom stereocenters. The lowest BCUT2D eigenvalue weighted by molar-refractivity contribution is -0.138. The van der Waals surface area contributed by atoms with Crippen LogP contribution in [0.5, 0.6) is 0 Å². The minimum atomic E-state index is -4.57. The molecule has 7 nitrogen and oxygen atoms in total. The predicted octanol–water partition coefficient (Wildman–Crippen LogP) is 7.30. The standard InChI is InChI=1S/C34H31F3N6OS/c1-42-15-17-43(18-16-42)22-24-9-8-23(19-30(24)34(35,36)37)33(44)39-26-6-4-7-27(20-26)45-28-11-12-29-31(40-41-32(29)21-28)13-10-25-5-2-3-14-38-25/h2-14,19-21H,15-18,22H2,1H3,(H,39,44)(H,40,41)/b13-10+. The molecule has 2 N–H and O–H groups in total. The fourth-order valence-corrected chi connectivity index (χ4v) is 6.11. The van der Waals surface area contributed by atoms with E-state index < -0.39 is 17.6 Å². The summed E-state index contributed by atoms with van der Waals surface area (Å²) < 4.78 is 42.1. The van der Waals surface area contributed by atoms with Crippen LogP contribution in [0.15, 0.2) is 94.9 Å². The zero-order valence-corrected chi connectivity index (χ0v) is 25.3. The van der Waals surface area contributed by atoms with E-state index in [9.17, 15) is 18.0 Å². The van der Waals surface area contributed by atoms with Gasteiger partial charge in [-0.1, -0.05) is 30.0 Å². The number of rotatable bonds is 8. The molecule has 1 aliphatic rings. The van der Waals surface area contributed by atoms with Gasteiger partial charge in [0.05, 0.1) is 22.5 Å². The highest BCUT2D eigenvalue weighted by molar-refractivity contribution is 7.99. The lowest BCUT2D eigenvalue weighted by atomic mass is 10.0. The summed E-state index contributed by atoms with van der Waals surface area (Å²) in [5, 5.41) is 11.2. The van der Waals surface area contributed by atoms with Crippen molar-refractivity contribution in [3.05, 3.63) is 113 Å². The van der Waals surface area contributed by atoms with E-state index in [1.807, 2.05) is 66.6 Å². The second-order valence-electron chi connectivity index (χ2n) is 10.9. The van der Waals surface area contributed by atoms with E-state index in [2.05, 4.69) is 25.4 Å². The molecule has 5 aromatic rings. The van der Waals surface area contributed by atoms with Crippen molar-refractivity contribution >= 4 is 46.4 Å². The van der Waals surface area contributed by atoms with Crippen molar-refractivity contribution in [3.8, 4) is 0 Å². The first kappa shape index (κ1) is 30.6. The van der Waals surface area contributed by atoms with Gasteiger partial charge in [-0.05, 0) is 85.4 Å². The molecule has 2 aromatic heterocycles. The molecular formula is C34H31F3N6OS.